The minimum absolute atomic E-state index is 0.432. The Hall–Kier alpha value is -0.0800. The van der Waals surface area contributed by atoms with Gasteiger partial charge in [0, 0.05) is 6.61 Å². The summed E-state index contributed by atoms with van der Waals surface area (Å²) in [6, 6.07) is 0. The Balaban J connectivity index is 1.68. The second-order valence-corrected chi connectivity index (χ2v) is 2.74. The van der Waals surface area contributed by atoms with Crippen molar-refractivity contribution in [3.05, 3.63) is 0 Å². The standard InChI is InChI=1S/C8H16O2/c1-2-3-4-5-9-6-8-7-10-8/h8H,2-7H2,1H3/t8-/m1/s1. The summed E-state index contributed by atoms with van der Waals surface area (Å²) in [5.74, 6) is 0. The van der Waals surface area contributed by atoms with Gasteiger partial charge < -0.3 is 9.47 Å². The van der Waals surface area contributed by atoms with E-state index >= 15 is 0 Å². The van der Waals surface area contributed by atoms with E-state index in [0.717, 1.165) is 19.8 Å². The van der Waals surface area contributed by atoms with E-state index in [-0.39, 0.29) is 0 Å². The smallest absolute Gasteiger partial charge is 0.104 e. The normalized spacial score (nSPS) is 23.1. The first-order chi connectivity index (χ1) is 4.93. The first kappa shape index (κ1) is 8.02. The number of epoxide rings is 1. The predicted octanol–water partition coefficient (Wildman–Crippen LogP) is 1.59. The van der Waals surface area contributed by atoms with Gasteiger partial charge in [0.25, 0.3) is 0 Å². The van der Waals surface area contributed by atoms with Gasteiger partial charge in [0.05, 0.1) is 13.2 Å². The van der Waals surface area contributed by atoms with E-state index in [1.807, 2.05) is 0 Å². The summed E-state index contributed by atoms with van der Waals surface area (Å²) in [5, 5.41) is 0. The average molecular weight is 144 g/mol. The van der Waals surface area contributed by atoms with Gasteiger partial charge in [-0.3, -0.25) is 0 Å². The van der Waals surface area contributed by atoms with E-state index in [9.17, 15) is 0 Å². The minimum Gasteiger partial charge on any atom is -0.379 e. The van der Waals surface area contributed by atoms with E-state index < -0.39 is 0 Å². The van der Waals surface area contributed by atoms with Crippen molar-refractivity contribution in [1.29, 1.82) is 0 Å². The summed E-state index contributed by atoms with van der Waals surface area (Å²) < 4.78 is 10.3. The van der Waals surface area contributed by atoms with Crippen LogP contribution in [0.5, 0.6) is 0 Å². The van der Waals surface area contributed by atoms with Gasteiger partial charge in [-0.1, -0.05) is 19.8 Å². The van der Waals surface area contributed by atoms with Crippen LogP contribution in [0.2, 0.25) is 0 Å². The van der Waals surface area contributed by atoms with E-state index in [2.05, 4.69) is 6.92 Å². The van der Waals surface area contributed by atoms with Gasteiger partial charge >= 0.3 is 0 Å². The maximum atomic E-state index is 5.33. The van der Waals surface area contributed by atoms with E-state index in [1.54, 1.807) is 0 Å². The average Bonchev–Trinajstić information content (AvgIpc) is 2.71. The third-order valence-electron chi connectivity index (χ3n) is 1.60. The molecule has 0 aromatic rings. The lowest BCUT2D eigenvalue weighted by Crippen LogP contribution is -2.02. The third-order valence-corrected chi connectivity index (χ3v) is 1.60. The Labute approximate surface area is 62.5 Å². The fourth-order valence-electron chi connectivity index (χ4n) is 0.833. The van der Waals surface area contributed by atoms with Crippen molar-refractivity contribution in [1.82, 2.24) is 0 Å². The highest BCUT2D eigenvalue weighted by Crippen LogP contribution is 2.08. The molecule has 1 atom stereocenters. The van der Waals surface area contributed by atoms with Crippen molar-refractivity contribution in [2.24, 2.45) is 0 Å². The molecule has 0 aromatic carbocycles. The van der Waals surface area contributed by atoms with Crippen molar-refractivity contribution in [2.75, 3.05) is 19.8 Å². The molecular formula is C8H16O2. The van der Waals surface area contributed by atoms with E-state index in [0.29, 0.717) is 6.10 Å². The van der Waals surface area contributed by atoms with Gasteiger partial charge in [0.1, 0.15) is 6.10 Å². The molecule has 1 aliphatic rings. The highest BCUT2D eigenvalue weighted by atomic mass is 16.6. The zero-order valence-electron chi connectivity index (χ0n) is 6.64. The predicted molar refractivity (Wildman–Crippen MR) is 40.1 cm³/mol. The molecule has 0 bridgehead atoms. The highest BCUT2D eigenvalue weighted by Gasteiger charge is 2.21. The summed E-state index contributed by atoms with van der Waals surface area (Å²) >= 11 is 0. The molecular weight excluding hydrogens is 128 g/mol. The van der Waals surface area contributed by atoms with Crippen molar-refractivity contribution in [3.63, 3.8) is 0 Å². The number of hydrogen-bond acceptors (Lipinski definition) is 2. The quantitative estimate of drug-likeness (QED) is 0.417. The molecule has 1 heterocycles. The molecule has 0 aromatic heterocycles. The zero-order chi connectivity index (χ0) is 7.23. The first-order valence-corrected chi connectivity index (χ1v) is 4.13. The van der Waals surface area contributed by atoms with Crippen LogP contribution < -0.4 is 0 Å². The van der Waals surface area contributed by atoms with Crippen LogP contribution >= 0.6 is 0 Å². The third kappa shape index (κ3) is 3.85. The Kier molecular flexibility index (Phi) is 3.76. The van der Waals surface area contributed by atoms with Gasteiger partial charge in [-0.2, -0.15) is 0 Å². The molecule has 1 saturated heterocycles. The molecule has 0 saturated carbocycles. The van der Waals surface area contributed by atoms with Gasteiger partial charge in [0.2, 0.25) is 0 Å². The van der Waals surface area contributed by atoms with Crippen LogP contribution in [0.1, 0.15) is 26.2 Å². The molecule has 1 aliphatic heterocycles. The summed E-state index contributed by atoms with van der Waals surface area (Å²) in [5.41, 5.74) is 0. The fourth-order valence-corrected chi connectivity index (χ4v) is 0.833. The Morgan fingerprint density at radius 2 is 2.30 bits per heavy atom. The SMILES string of the molecule is CCCCCOC[C@@H]1CO1. The number of unbranched alkanes of at least 4 members (excludes halogenated alkanes) is 2. The summed E-state index contributed by atoms with van der Waals surface area (Å²) in [6.07, 6.45) is 4.18. The topological polar surface area (TPSA) is 21.8 Å². The molecule has 1 fully saturated rings. The Bertz CT molecular complexity index is 79.3. The first-order valence-electron chi connectivity index (χ1n) is 4.13. The Morgan fingerprint density at radius 1 is 1.50 bits per heavy atom. The summed E-state index contributed by atoms with van der Waals surface area (Å²) in [6.45, 7) is 4.83. The van der Waals surface area contributed by atoms with Gasteiger partial charge in [0.15, 0.2) is 0 Å². The molecule has 0 N–H and O–H groups in total. The largest absolute Gasteiger partial charge is 0.379 e. The molecule has 10 heavy (non-hydrogen) atoms. The molecule has 0 aliphatic carbocycles. The van der Waals surface area contributed by atoms with Gasteiger partial charge in [-0.05, 0) is 6.42 Å². The summed E-state index contributed by atoms with van der Waals surface area (Å²) in [7, 11) is 0. The molecule has 2 heteroatoms. The number of hydrogen-bond donors (Lipinski definition) is 0. The monoisotopic (exact) mass is 144 g/mol. The van der Waals surface area contributed by atoms with Crippen LogP contribution in [-0.2, 0) is 9.47 Å². The minimum atomic E-state index is 0.432. The van der Waals surface area contributed by atoms with Crippen LogP contribution in [0.25, 0.3) is 0 Å². The van der Waals surface area contributed by atoms with Crippen molar-refractivity contribution in [2.45, 2.75) is 32.3 Å². The fraction of sp³-hybridized carbons (Fsp3) is 1.00. The maximum Gasteiger partial charge on any atom is 0.104 e. The molecule has 2 nitrogen and oxygen atoms in total. The molecule has 0 amide bonds. The molecule has 0 unspecified atom stereocenters. The lowest BCUT2D eigenvalue weighted by molar-refractivity contribution is 0.113. The maximum absolute atomic E-state index is 5.33. The van der Waals surface area contributed by atoms with Gasteiger partial charge in [-0.25, -0.2) is 0 Å². The lowest BCUT2D eigenvalue weighted by Gasteiger charge is -1.99. The van der Waals surface area contributed by atoms with E-state index in [4.69, 9.17) is 9.47 Å². The highest BCUT2D eigenvalue weighted by molar-refractivity contribution is 4.66. The zero-order valence-corrected chi connectivity index (χ0v) is 6.64. The van der Waals surface area contributed by atoms with Crippen LogP contribution in [0.15, 0.2) is 0 Å². The number of rotatable bonds is 6. The van der Waals surface area contributed by atoms with Crippen molar-refractivity contribution < 1.29 is 9.47 Å². The second kappa shape index (κ2) is 4.69. The number of ether oxygens (including phenoxy) is 2. The van der Waals surface area contributed by atoms with Crippen molar-refractivity contribution >= 4 is 0 Å². The van der Waals surface area contributed by atoms with Crippen LogP contribution in [0, 0.1) is 0 Å². The van der Waals surface area contributed by atoms with Crippen LogP contribution in [-0.4, -0.2) is 25.9 Å². The second-order valence-electron chi connectivity index (χ2n) is 2.74. The molecule has 0 radical (unpaired) electrons. The van der Waals surface area contributed by atoms with Crippen LogP contribution in [0.3, 0.4) is 0 Å². The summed E-state index contributed by atoms with van der Waals surface area (Å²) in [4.78, 5) is 0. The molecule has 0 spiro atoms. The Morgan fingerprint density at radius 3 is 2.90 bits per heavy atom. The lowest BCUT2D eigenvalue weighted by atomic mass is 10.3. The van der Waals surface area contributed by atoms with Crippen molar-refractivity contribution in [3.8, 4) is 0 Å². The van der Waals surface area contributed by atoms with Gasteiger partial charge in [-0.15, -0.1) is 0 Å². The molecule has 60 valence electrons. The van der Waals surface area contributed by atoms with Crippen LogP contribution in [0.4, 0.5) is 0 Å². The van der Waals surface area contributed by atoms with E-state index in [1.165, 1.54) is 19.3 Å². The molecule has 1 rings (SSSR count).